The summed E-state index contributed by atoms with van der Waals surface area (Å²) in [6, 6.07) is 21.0. The molecule has 3 aromatic carbocycles. The van der Waals surface area contributed by atoms with Crippen LogP contribution in [-0.4, -0.2) is 23.2 Å². The third-order valence-corrected chi connectivity index (χ3v) is 4.54. The number of nitrogens with zero attached hydrogens (tertiary/aromatic N) is 2. The van der Waals surface area contributed by atoms with Crippen molar-refractivity contribution in [1.29, 1.82) is 0 Å². The molecule has 0 unspecified atom stereocenters. The van der Waals surface area contributed by atoms with E-state index in [-0.39, 0.29) is 17.6 Å². The van der Waals surface area contributed by atoms with Crippen molar-refractivity contribution in [2.24, 2.45) is 0 Å². The van der Waals surface area contributed by atoms with Crippen LogP contribution >= 0.6 is 0 Å². The Hall–Kier alpha value is -4.00. The van der Waals surface area contributed by atoms with Crippen LogP contribution < -0.4 is 10.1 Å². The second kappa shape index (κ2) is 8.57. The lowest BCUT2D eigenvalue weighted by Crippen LogP contribution is -2.29. The van der Waals surface area contributed by atoms with E-state index < -0.39 is 6.04 Å². The summed E-state index contributed by atoms with van der Waals surface area (Å²) in [5.41, 5.74) is 1.81. The van der Waals surface area contributed by atoms with Crippen molar-refractivity contribution >= 4 is 5.91 Å². The molecule has 0 radical (unpaired) electrons. The van der Waals surface area contributed by atoms with Gasteiger partial charge in [-0.1, -0.05) is 30.3 Å². The van der Waals surface area contributed by atoms with Gasteiger partial charge in [0.1, 0.15) is 17.6 Å². The number of methoxy groups -OCH3 is 1. The summed E-state index contributed by atoms with van der Waals surface area (Å²) in [5.74, 6) is 0.450. The molecule has 0 aliphatic heterocycles. The number of nitrogens with one attached hydrogen (secondary N) is 1. The number of hydrogen-bond donors (Lipinski definition) is 1. The van der Waals surface area contributed by atoms with Crippen LogP contribution in [0, 0.1) is 5.82 Å². The molecule has 0 aliphatic rings. The molecule has 1 heterocycles. The van der Waals surface area contributed by atoms with E-state index in [0.717, 1.165) is 5.56 Å². The van der Waals surface area contributed by atoms with E-state index in [1.807, 2.05) is 30.3 Å². The van der Waals surface area contributed by atoms with Gasteiger partial charge in [-0.05, 0) is 54.1 Å². The third-order valence-electron chi connectivity index (χ3n) is 4.54. The number of hydrogen-bond acceptors (Lipinski definition) is 5. The van der Waals surface area contributed by atoms with Crippen molar-refractivity contribution in [3.05, 3.63) is 102 Å². The molecule has 7 heteroatoms. The first kappa shape index (κ1) is 19.3. The number of aromatic nitrogens is 2. The summed E-state index contributed by atoms with van der Waals surface area (Å²) >= 11 is 0. The maximum atomic E-state index is 13.4. The Morgan fingerprint density at radius 2 is 1.67 bits per heavy atom. The normalized spacial score (nSPS) is 11.7. The summed E-state index contributed by atoms with van der Waals surface area (Å²) in [4.78, 5) is 12.8. The van der Waals surface area contributed by atoms with Gasteiger partial charge in [-0.2, -0.15) is 0 Å². The standard InChI is InChI=1S/C23H18FN3O3/c1-29-19-13-9-16(10-14-19)21(28)25-20(15-7-11-18(24)12-8-15)23-27-26-22(30-23)17-5-3-2-4-6-17/h2-14,20H,1H3,(H,25,28)/t20-/m0/s1. The van der Waals surface area contributed by atoms with Gasteiger partial charge in [0.05, 0.1) is 7.11 Å². The van der Waals surface area contributed by atoms with Gasteiger partial charge >= 0.3 is 0 Å². The fourth-order valence-corrected chi connectivity index (χ4v) is 2.95. The molecule has 0 saturated heterocycles. The molecule has 0 bridgehead atoms. The molecule has 1 N–H and O–H groups in total. The Morgan fingerprint density at radius 3 is 2.33 bits per heavy atom. The molecule has 1 aromatic heterocycles. The smallest absolute Gasteiger partial charge is 0.252 e. The quantitative estimate of drug-likeness (QED) is 0.516. The van der Waals surface area contributed by atoms with E-state index in [1.54, 1.807) is 43.5 Å². The topological polar surface area (TPSA) is 77.2 Å². The minimum absolute atomic E-state index is 0.197. The first-order valence-corrected chi connectivity index (χ1v) is 9.23. The molecule has 0 aliphatic carbocycles. The highest BCUT2D eigenvalue weighted by molar-refractivity contribution is 5.94. The summed E-state index contributed by atoms with van der Waals surface area (Å²) in [6.07, 6.45) is 0. The SMILES string of the molecule is COc1ccc(C(=O)N[C@@H](c2ccc(F)cc2)c2nnc(-c3ccccc3)o2)cc1. The number of halogens is 1. The molecular formula is C23H18FN3O3. The molecule has 6 nitrogen and oxygen atoms in total. The van der Waals surface area contributed by atoms with Gasteiger partial charge in [0, 0.05) is 11.1 Å². The molecule has 1 atom stereocenters. The molecule has 0 saturated carbocycles. The van der Waals surface area contributed by atoms with E-state index >= 15 is 0 Å². The minimum Gasteiger partial charge on any atom is -0.497 e. The number of carbonyl (C=O) groups excluding carboxylic acids is 1. The zero-order valence-electron chi connectivity index (χ0n) is 16.1. The Balaban J connectivity index is 1.65. The summed E-state index contributed by atoms with van der Waals surface area (Å²) < 4.78 is 24.4. The van der Waals surface area contributed by atoms with Gasteiger partial charge in [-0.25, -0.2) is 4.39 Å². The van der Waals surface area contributed by atoms with Crippen LogP contribution in [0.25, 0.3) is 11.5 Å². The highest BCUT2D eigenvalue weighted by Gasteiger charge is 2.24. The highest BCUT2D eigenvalue weighted by atomic mass is 19.1. The minimum atomic E-state index is -0.745. The van der Waals surface area contributed by atoms with Crippen molar-refractivity contribution < 1.29 is 18.3 Å². The third kappa shape index (κ3) is 4.20. The average Bonchev–Trinajstić information content (AvgIpc) is 3.29. The largest absolute Gasteiger partial charge is 0.497 e. The fraction of sp³-hybridized carbons (Fsp3) is 0.0870. The summed E-state index contributed by atoms with van der Waals surface area (Å²) in [5, 5.41) is 11.1. The fourth-order valence-electron chi connectivity index (χ4n) is 2.95. The molecule has 30 heavy (non-hydrogen) atoms. The van der Waals surface area contributed by atoms with Crippen LogP contribution in [0.2, 0.25) is 0 Å². The van der Waals surface area contributed by atoms with Gasteiger partial charge in [0.15, 0.2) is 0 Å². The number of benzene rings is 3. The van der Waals surface area contributed by atoms with Crippen LogP contribution in [0.1, 0.15) is 27.9 Å². The first-order valence-electron chi connectivity index (χ1n) is 9.23. The number of rotatable bonds is 6. The van der Waals surface area contributed by atoms with Crippen molar-refractivity contribution in [2.75, 3.05) is 7.11 Å². The Kier molecular flexibility index (Phi) is 5.52. The van der Waals surface area contributed by atoms with Gasteiger partial charge in [-0.3, -0.25) is 4.79 Å². The molecule has 4 aromatic rings. The highest BCUT2D eigenvalue weighted by Crippen LogP contribution is 2.26. The van der Waals surface area contributed by atoms with Crippen LogP contribution in [0.15, 0.2) is 83.3 Å². The van der Waals surface area contributed by atoms with Gasteiger partial charge < -0.3 is 14.5 Å². The van der Waals surface area contributed by atoms with Crippen LogP contribution in [-0.2, 0) is 0 Å². The lowest BCUT2D eigenvalue weighted by atomic mass is 10.1. The van der Waals surface area contributed by atoms with Crippen molar-refractivity contribution in [3.8, 4) is 17.2 Å². The number of carbonyl (C=O) groups is 1. The maximum absolute atomic E-state index is 13.4. The van der Waals surface area contributed by atoms with Gasteiger partial charge in [-0.15, -0.1) is 10.2 Å². The molecular weight excluding hydrogens is 385 g/mol. The predicted octanol–water partition coefficient (Wildman–Crippen LogP) is 4.40. The van der Waals surface area contributed by atoms with E-state index in [9.17, 15) is 9.18 Å². The monoisotopic (exact) mass is 403 g/mol. The van der Waals surface area contributed by atoms with E-state index in [4.69, 9.17) is 9.15 Å². The van der Waals surface area contributed by atoms with E-state index in [1.165, 1.54) is 12.1 Å². The molecule has 1 amide bonds. The Labute approximate surface area is 172 Å². The lowest BCUT2D eigenvalue weighted by molar-refractivity contribution is 0.0938. The van der Waals surface area contributed by atoms with Crippen molar-refractivity contribution in [3.63, 3.8) is 0 Å². The van der Waals surface area contributed by atoms with Crippen LogP contribution in [0.3, 0.4) is 0 Å². The van der Waals surface area contributed by atoms with Crippen molar-refractivity contribution in [2.45, 2.75) is 6.04 Å². The van der Waals surface area contributed by atoms with Crippen molar-refractivity contribution in [1.82, 2.24) is 15.5 Å². The Bertz CT molecular complexity index is 1130. The van der Waals surface area contributed by atoms with Crippen LogP contribution in [0.4, 0.5) is 4.39 Å². The van der Waals surface area contributed by atoms with Crippen LogP contribution in [0.5, 0.6) is 5.75 Å². The first-order chi connectivity index (χ1) is 14.6. The average molecular weight is 403 g/mol. The number of amides is 1. The summed E-state index contributed by atoms with van der Waals surface area (Å²) in [7, 11) is 1.56. The second-order valence-electron chi connectivity index (χ2n) is 6.50. The molecule has 0 spiro atoms. The number of ether oxygens (including phenoxy) is 1. The molecule has 150 valence electrons. The lowest BCUT2D eigenvalue weighted by Gasteiger charge is -2.16. The predicted molar refractivity (Wildman–Crippen MR) is 108 cm³/mol. The molecule has 4 rings (SSSR count). The Morgan fingerprint density at radius 1 is 0.967 bits per heavy atom. The zero-order chi connectivity index (χ0) is 20.9. The second-order valence-corrected chi connectivity index (χ2v) is 6.50. The van der Waals surface area contributed by atoms with E-state index in [0.29, 0.717) is 22.8 Å². The van der Waals surface area contributed by atoms with Gasteiger partial charge in [0.2, 0.25) is 11.8 Å². The maximum Gasteiger partial charge on any atom is 0.252 e. The van der Waals surface area contributed by atoms with E-state index in [2.05, 4.69) is 15.5 Å². The zero-order valence-corrected chi connectivity index (χ0v) is 16.1. The summed E-state index contributed by atoms with van der Waals surface area (Å²) in [6.45, 7) is 0. The molecule has 0 fully saturated rings. The van der Waals surface area contributed by atoms with Gasteiger partial charge in [0.25, 0.3) is 5.91 Å².